The Morgan fingerprint density at radius 2 is 1.60 bits per heavy atom. The molecule has 35 heavy (non-hydrogen) atoms. The molecule has 0 spiro atoms. The molecule has 3 aromatic rings. The van der Waals surface area contributed by atoms with Crippen molar-refractivity contribution in [1.29, 1.82) is 0 Å². The Bertz CT molecular complexity index is 1250. The Morgan fingerprint density at radius 1 is 0.886 bits per heavy atom. The summed E-state index contributed by atoms with van der Waals surface area (Å²) in [6.45, 7) is 8.08. The molecule has 0 radical (unpaired) electrons. The topological polar surface area (TPSA) is 61.4 Å². The highest BCUT2D eigenvalue weighted by Gasteiger charge is 2.27. The second kappa shape index (κ2) is 9.21. The van der Waals surface area contributed by atoms with Gasteiger partial charge in [0, 0.05) is 36.1 Å². The van der Waals surface area contributed by atoms with Crippen molar-refractivity contribution < 1.29 is 9.59 Å². The summed E-state index contributed by atoms with van der Waals surface area (Å²) in [5.41, 5.74) is 6.61. The summed E-state index contributed by atoms with van der Waals surface area (Å²) in [5, 5.41) is 6.11. The Hall–Kier alpha value is -3.60. The maximum atomic E-state index is 13.2. The van der Waals surface area contributed by atoms with Gasteiger partial charge in [-0.2, -0.15) is 0 Å². The standard InChI is InChI=1S/C30H33N3O2/c1-30(2,3)23-10-8-21(9-11-23)28(34)32-25-14-15-27(26(18-25)29(35)31-24-12-13-24)33-17-16-20-6-4-5-7-22(20)19-33/h4-11,14-15,18,24H,12-13,16-17,19H2,1-3H3,(H,31,35)(H,32,34). The van der Waals surface area contributed by atoms with E-state index < -0.39 is 0 Å². The molecule has 5 rings (SSSR count). The van der Waals surface area contributed by atoms with Gasteiger partial charge in [-0.1, -0.05) is 57.2 Å². The highest BCUT2D eigenvalue weighted by Crippen LogP contribution is 2.31. The van der Waals surface area contributed by atoms with Gasteiger partial charge in [0.05, 0.1) is 5.56 Å². The first-order chi connectivity index (χ1) is 16.8. The predicted molar refractivity (Wildman–Crippen MR) is 141 cm³/mol. The van der Waals surface area contributed by atoms with Crippen LogP contribution in [0.15, 0.2) is 66.7 Å². The maximum Gasteiger partial charge on any atom is 0.255 e. The third-order valence-electron chi connectivity index (χ3n) is 6.90. The highest BCUT2D eigenvalue weighted by molar-refractivity contribution is 6.06. The molecule has 5 nitrogen and oxygen atoms in total. The van der Waals surface area contributed by atoms with Crippen LogP contribution in [0.25, 0.3) is 0 Å². The Morgan fingerprint density at radius 3 is 2.29 bits per heavy atom. The molecule has 2 amide bonds. The minimum absolute atomic E-state index is 0.0314. The summed E-state index contributed by atoms with van der Waals surface area (Å²) in [6.07, 6.45) is 3.00. The summed E-state index contributed by atoms with van der Waals surface area (Å²) in [7, 11) is 0. The smallest absolute Gasteiger partial charge is 0.255 e. The fraction of sp³-hybridized carbons (Fsp3) is 0.333. The summed E-state index contributed by atoms with van der Waals surface area (Å²) >= 11 is 0. The zero-order valence-electron chi connectivity index (χ0n) is 20.7. The van der Waals surface area contributed by atoms with Crippen molar-refractivity contribution in [1.82, 2.24) is 5.32 Å². The maximum absolute atomic E-state index is 13.2. The number of carbonyl (C=O) groups is 2. The van der Waals surface area contributed by atoms with Crippen LogP contribution in [0.4, 0.5) is 11.4 Å². The van der Waals surface area contributed by atoms with Crippen LogP contribution in [-0.2, 0) is 18.4 Å². The average molecular weight is 468 g/mol. The fourth-order valence-corrected chi connectivity index (χ4v) is 4.59. The van der Waals surface area contributed by atoms with Crippen molar-refractivity contribution >= 4 is 23.2 Å². The normalized spacial score (nSPS) is 15.3. The van der Waals surface area contributed by atoms with Crippen LogP contribution in [0.2, 0.25) is 0 Å². The number of amides is 2. The van der Waals surface area contributed by atoms with Crippen molar-refractivity contribution in [2.75, 3.05) is 16.8 Å². The van der Waals surface area contributed by atoms with E-state index in [4.69, 9.17) is 0 Å². The van der Waals surface area contributed by atoms with E-state index in [9.17, 15) is 9.59 Å². The van der Waals surface area contributed by atoms with Crippen LogP contribution in [0.1, 0.15) is 71.0 Å². The molecule has 180 valence electrons. The number of rotatable bonds is 5. The van der Waals surface area contributed by atoms with Gasteiger partial charge in [-0.05, 0) is 71.7 Å². The van der Waals surface area contributed by atoms with Gasteiger partial charge in [0.2, 0.25) is 0 Å². The first kappa shape index (κ1) is 23.2. The van der Waals surface area contributed by atoms with Crippen molar-refractivity contribution in [3.63, 3.8) is 0 Å². The number of hydrogen-bond donors (Lipinski definition) is 2. The summed E-state index contributed by atoms with van der Waals surface area (Å²) in [6, 6.07) is 22.1. The highest BCUT2D eigenvalue weighted by atomic mass is 16.2. The first-order valence-corrected chi connectivity index (χ1v) is 12.5. The molecule has 0 bridgehead atoms. The lowest BCUT2D eigenvalue weighted by Gasteiger charge is -2.32. The van der Waals surface area contributed by atoms with Crippen LogP contribution in [0, 0.1) is 0 Å². The molecule has 0 atom stereocenters. The summed E-state index contributed by atoms with van der Waals surface area (Å²) < 4.78 is 0. The van der Waals surface area contributed by atoms with E-state index in [1.807, 2.05) is 42.5 Å². The SMILES string of the molecule is CC(C)(C)c1ccc(C(=O)Nc2ccc(N3CCc4ccccc4C3)c(C(=O)NC3CC3)c2)cc1. The molecule has 1 aliphatic carbocycles. The lowest BCUT2D eigenvalue weighted by Crippen LogP contribution is -2.33. The van der Waals surface area contributed by atoms with Gasteiger partial charge in [-0.25, -0.2) is 0 Å². The van der Waals surface area contributed by atoms with Crippen LogP contribution in [0.5, 0.6) is 0 Å². The third-order valence-corrected chi connectivity index (χ3v) is 6.90. The molecular formula is C30H33N3O2. The number of anilines is 2. The van der Waals surface area contributed by atoms with Crippen molar-refractivity contribution in [2.24, 2.45) is 0 Å². The molecule has 2 N–H and O–H groups in total. The lowest BCUT2D eigenvalue weighted by molar-refractivity contribution is 0.0950. The largest absolute Gasteiger partial charge is 0.366 e. The molecule has 3 aromatic carbocycles. The number of nitrogens with one attached hydrogen (secondary N) is 2. The van der Waals surface area contributed by atoms with Gasteiger partial charge in [0.15, 0.2) is 0 Å². The molecule has 1 aliphatic heterocycles. The molecule has 5 heteroatoms. The minimum atomic E-state index is -0.182. The average Bonchev–Trinajstić information content (AvgIpc) is 3.67. The lowest BCUT2D eigenvalue weighted by atomic mass is 9.87. The van der Waals surface area contributed by atoms with E-state index in [0.29, 0.717) is 16.8 Å². The van der Waals surface area contributed by atoms with E-state index in [1.54, 1.807) is 0 Å². The van der Waals surface area contributed by atoms with Crippen LogP contribution >= 0.6 is 0 Å². The van der Waals surface area contributed by atoms with E-state index >= 15 is 0 Å². The van der Waals surface area contributed by atoms with Crippen molar-refractivity contribution in [3.05, 3.63) is 94.5 Å². The second-order valence-electron chi connectivity index (χ2n) is 10.7. The summed E-state index contributed by atoms with van der Waals surface area (Å²) in [5.74, 6) is -0.259. The van der Waals surface area contributed by atoms with Crippen molar-refractivity contribution in [2.45, 2.75) is 58.0 Å². The predicted octanol–water partition coefficient (Wildman–Crippen LogP) is 5.69. The molecule has 1 saturated carbocycles. The number of hydrogen-bond acceptors (Lipinski definition) is 3. The Balaban J connectivity index is 1.39. The zero-order valence-corrected chi connectivity index (χ0v) is 20.7. The van der Waals surface area contributed by atoms with E-state index in [-0.39, 0.29) is 23.3 Å². The molecule has 0 saturated heterocycles. The number of nitrogens with zero attached hydrogens (tertiary/aromatic N) is 1. The van der Waals surface area contributed by atoms with Gasteiger partial charge < -0.3 is 15.5 Å². The van der Waals surface area contributed by atoms with Crippen LogP contribution < -0.4 is 15.5 Å². The Labute approximate surface area is 207 Å². The summed E-state index contributed by atoms with van der Waals surface area (Å²) in [4.78, 5) is 28.4. The third kappa shape index (κ3) is 5.24. The minimum Gasteiger partial charge on any atom is -0.366 e. The first-order valence-electron chi connectivity index (χ1n) is 12.5. The van der Waals surface area contributed by atoms with Gasteiger partial charge in [-0.3, -0.25) is 9.59 Å². The molecule has 1 heterocycles. The van der Waals surface area contributed by atoms with Gasteiger partial charge >= 0.3 is 0 Å². The van der Waals surface area contributed by atoms with Gasteiger partial charge in [0.1, 0.15) is 0 Å². The van der Waals surface area contributed by atoms with Crippen LogP contribution in [0.3, 0.4) is 0 Å². The molecule has 2 aliphatic rings. The molecule has 0 unspecified atom stereocenters. The van der Waals surface area contributed by atoms with E-state index in [2.05, 4.69) is 60.6 Å². The zero-order chi connectivity index (χ0) is 24.6. The molecule has 1 fully saturated rings. The van der Waals surface area contributed by atoms with E-state index in [1.165, 1.54) is 16.7 Å². The fourth-order valence-electron chi connectivity index (χ4n) is 4.59. The van der Waals surface area contributed by atoms with Crippen molar-refractivity contribution in [3.8, 4) is 0 Å². The van der Waals surface area contributed by atoms with Gasteiger partial charge in [-0.15, -0.1) is 0 Å². The Kier molecular flexibility index (Phi) is 6.10. The van der Waals surface area contributed by atoms with E-state index in [0.717, 1.165) is 38.0 Å². The monoisotopic (exact) mass is 467 g/mol. The quantitative estimate of drug-likeness (QED) is 0.507. The number of fused-ring (bicyclic) bond motifs is 1. The van der Waals surface area contributed by atoms with Gasteiger partial charge in [0.25, 0.3) is 11.8 Å². The molecular weight excluding hydrogens is 434 g/mol. The van der Waals surface area contributed by atoms with Crippen LogP contribution in [-0.4, -0.2) is 24.4 Å². The molecule has 0 aromatic heterocycles. The second-order valence-corrected chi connectivity index (χ2v) is 10.7. The number of benzene rings is 3. The number of carbonyl (C=O) groups excluding carboxylic acids is 2.